The minimum Gasteiger partial charge on any atom is -0.481 e. The lowest BCUT2D eigenvalue weighted by Crippen LogP contribution is -2.52. The van der Waals surface area contributed by atoms with Crippen LogP contribution in [0, 0.1) is 5.92 Å². The van der Waals surface area contributed by atoms with Gasteiger partial charge in [0.2, 0.25) is 0 Å². The highest BCUT2D eigenvalue weighted by molar-refractivity contribution is 5.75. The van der Waals surface area contributed by atoms with Gasteiger partial charge in [0.05, 0.1) is 0 Å². The number of hydrogen-bond donors (Lipinski definition) is 1. The molecule has 114 valence electrons. The van der Waals surface area contributed by atoms with E-state index in [9.17, 15) is 9.59 Å². The van der Waals surface area contributed by atoms with Crippen LogP contribution < -0.4 is 0 Å². The summed E-state index contributed by atoms with van der Waals surface area (Å²) in [4.78, 5) is 27.2. The number of hydrogen-bond acceptors (Lipinski definition) is 2. The van der Waals surface area contributed by atoms with Gasteiger partial charge in [0.1, 0.15) is 0 Å². The van der Waals surface area contributed by atoms with Crippen molar-refractivity contribution in [3.63, 3.8) is 0 Å². The fraction of sp³-hybridized carbons (Fsp3) is 0.867. The Labute approximate surface area is 120 Å². The van der Waals surface area contributed by atoms with E-state index < -0.39 is 5.97 Å². The van der Waals surface area contributed by atoms with Gasteiger partial charge in [-0.1, -0.05) is 0 Å². The molecule has 1 unspecified atom stereocenters. The Hall–Kier alpha value is -1.26. The summed E-state index contributed by atoms with van der Waals surface area (Å²) in [5.41, 5.74) is -0.0366. The summed E-state index contributed by atoms with van der Waals surface area (Å²) < 4.78 is 0. The Morgan fingerprint density at radius 1 is 1.25 bits per heavy atom. The molecule has 20 heavy (non-hydrogen) atoms. The van der Waals surface area contributed by atoms with Gasteiger partial charge < -0.3 is 14.9 Å². The van der Waals surface area contributed by atoms with Crippen LogP contribution in [-0.2, 0) is 4.79 Å². The molecule has 0 aliphatic carbocycles. The monoisotopic (exact) mass is 282 g/mol. The fourth-order valence-electron chi connectivity index (χ4n) is 3.43. The predicted molar refractivity (Wildman–Crippen MR) is 76.6 cm³/mol. The first-order valence-electron chi connectivity index (χ1n) is 7.68. The van der Waals surface area contributed by atoms with Crippen LogP contribution in [0.15, 0.2) is 0 Å². The van der Waals surface area contributed by atoms with Crippen LogP contribution in [0.4, 0.5) is 4.79 Å². The largest absolute Gasteiger partial charge is 0.481 e. The van der Waals surface area contributed by atoms with Crippen molar-refractivity contribution in [3.8, 4) is 0 Å². The van der Waals surface area contributed by atoms with Gasteiger partial charge in [0, 0.05) is 31.6 Å². The number of likely N-dealkylation sites (tertiary alicyclic amines) is 2. The third-order valence-corrected chi connectivity index (χ3v) is 4.69. The van der Waals surface area contributed by atoms with Crippen molar-refractivity contribution >= 4 is 12.0 Å². The minimum absolute atomic E-state index is 0.0366. The lowest BCUT2D eigenvalue weighted by atomic mass is 9.93. The molecule has 2 rings (SSSR count). The zero-order valence-corrected chi connectivity index (χ0v) is 12.6. The Morgan fingerprint density at radius 2 is 2.00 bits per heavy atom. The highest BCUT2D eigenvalue weighted by atomic mass is 16.4. The molecular formula is C15H26N2O3. The predicted octanol–water partition coefficient (Wildman–Crippen LogP) is 2.56. The van der Waals surface area contributed by atoms with E-state index in [2.05, 4.69) is 13.8 Å². The molecule has 2 heterocycles. The van der Waals surface area contributed by atoms with Gasteiger partial charge >= 0.3 is 12.0 Å². The molecule has 5 heteroatoms. The number of carbonyl (C=O) groups excluding carboxylic acids is 1. The van der Waals surface area contributed by atoms with Crippen LogP contribution in [0.2, 0.25) is 0 Å². The molecule has 0 aromatic heterocycles. The van der Waals surface area contributed by atoms with Crippen LogP contribution in [0.25, 0.3) is 0 Å². The summed E-state index contributed by atoms with van der Waals surface area (Å²) in [7, 11) is 0. The van der Waals surface area contributed by atoms with Crippen molar-refractivity contribution in [3.05, 3.63) is 0 Å². The first-order chi connectivity index (χ1) is 9.40. The molecule has 2 aliphatic rings. The Bertz CT molecular complexity index is 381. The molecule has 2 amide bonds. The molecule has 2 aliphatic heterocycles. The highest BCUT2D eigenvalue weighted by Gasteiger charge is 2.38. The van der Waals surface area contributed by atoms with E-state index in [1.807, 2.05) is 9.80 Å². The van der Waals surface area contributed by atoms with Crippen LogP contribution in [0.3, 0.4) is 0 Å². The average molecular weight is 282 g/mol. The standard InChI is InChI=1S/C15H26N2O3/c1-15(2)8-4-10-17(15)14(20)16-9-3-5-12(11-16)6-7-13(18)19/h12H,3-11H2,1-2H3,(H,18,19). The summed E-state index contributed by atoms with van der Waals surface area (Å²) >= 11 is 0. The van der Waals surface area contributed by atoms with Gasteiger partial charge in [-0.3, -0.25) is 4.79 Å². The molecule has 0 saturated carbocycles. The SMILES string of the molecule is CC1(C)CCCN1C(=O)N1CCCC(CCC(=O)O)C1. The van der Waals surface area contributed by atoms with Crippen molar-refractivity contribution in [1.82, 2.24) is 9.80 Å². The van der Waals surface area contributed by atoms with Gasteiger partial charge in [0.15, 0.2) is 0 Å². The van der Waals surface area contributed by atoms with Gasteiger partial charge in [-0.2, -0.15) is 0 Å². The van der Waals surface area contributed by atoms with E-state index >= 15 is 0 Å². The van der Waals surface area contributed by atoms with Crippen molar-refractivity contribution in [2.45, 2.75) is 57.9 Å². The normalized spacial score (nSPS) is 25.8. The van der Waals surface area contributed by atoms with E-state index in [1.54, 1.807) is 0 Å². The maximum absolute atomic E-state index is 12.6. The van der Waals surface area contributed by atoms with E-state index in [0.29, 0.717) is 12.3 Å². The number of urea groups is 1. The molecule has 0 aromatic rings. The topological polar surface area (TPSA) is 60.9 Å². The van der Waals surface area contributed by atoms with Crippen LogP contribution in [0.1, 0.15) is 52.4 Å². The minimum atomic E-state index is -0.742. The first kappa shape index (κ1) is 15.1. The van der Waals surface area contributed by atoms with E-state index in [4.69, 9.17) is 5.11 Å². The fourth-order valence-corrected chi connectivity index (χ4v) is 3.43. The first-order valence-corrected chi connectivity index (χ1v) is 7.68. The summed E-state index contributed by atoms with van der Waals surface area (Å²) in [6.07, 6.45) is 5.07. The van der Waals surface area contributed by atoms with Gasteiger partial charge in [-0.05, 0) is 51.9 Å². The number of aliphatic carboxylic acids is 1. The lowest BCUT2D eigenvalue weighted by molar-refractivity contribution is -0.137. The Kier molecular flexibility index (Phi) is 4.55. The quantitative estimate of drug-likeness (QED) is 0.865. The zero-order chi connectivity index (χ0) is 14.8. The van der Waals surface area contributed by atoms with Crippen molar-refractivity contribution in [2.75, 3.05) is 19.6 Å². The molecule has 0 bridgehead atoms. The molecule has 5 nitrogen and oxygen atoms in total. The van der Waals surface area contributed by atoms with Gasteiger partial charge in [-0.15, -0.1) is 0 Å². The smallest absolute Gasteiger partial charge is 0.320 e. The number of rotatable bonds is 3. The number of amides is 2. The molecular weight excluding hydrogens is 256 g/mol. The Balaban J connectivity index is 1.91. The van der Waals surface area contributed by atoms with Gasteiger partial charge in [-0.25, -0.2) is 4.79 Å². The molecule has 0 aromatic carbocycles. The molecule has 2 saturated heterocycles. The summed E-state index contributed by atoms with van der Waals surface area (Å²) in [5.74, 6) is -0.399. The van der Waals surface area contributed by atoms with Crippen molar-refractivity contribution < 1.29 is 14.7 Å². The second-order valence-corrected chi connectivity index (χ2v) is 6.74. The van der Waals surface area contributed by atoms with E-state index in [-0.39, 0.29) is 18.0 Å². The number of nitrogens with zero attached hydrogens (tertiary/aromatic N) is 2. The number of piperidine rings is 1. The molecule has 1 atom stereocenters. The third-order valence-electron chi connectivity index (χ3n) is 4.69. The average Bonchev–Trinajstić information content (AvgIpc) is 2.75. The van der Waals surface area contributed by atoms with E-state index in [0.717, 1.165) is 45.3 Å². The molecule has 2 fully saturated rings. The summed E-state index contributed by atoms with van der Waals surface area (Å²) in [5, 5.41) is 8.77. The van der Waals surface area contributed by atoms with Crippen LogP contribution in [0.5, 0.6) is 0 Å². The van der Waals surface area contributed by atoms with Crippen LogP contribution >= 0.6 is 0 Å². The number of carboxylic acid groups (broad SMARTS) is 1. The van der Waals surface area contributed by atoms with Gasteiger partial charge in [0.25, 0.3) is 0 Å². The zero-order valence-electron chi connectivity index (χ0n) is 12.6. The number of carboxylic acids is 1. The molecule has 0 spiro atoms. The Morgan fingerprint density at radius 3 is 2.60 bits per heavy atom. The number of carbonyl (C=O) groups is 2. The maximum atomic E-state index is 12.6. The second kappa shape index (κ2) is 6.02. The lowest BCUT2D eigenvalue weighted by Gasteiger charge is -2.39. The van der Waals surface area contributed by atoms with E-state index in [1.165, 1.54) is 0 Å². The second-order valence-electron chi connectivity index (χ2n) is 6.74. The molecule has 0 radical (unpaired) electrons. The summed E-state index contributed by atoms with van der Waals surface area (Å²) in [6, 6.07) is 0.146. The maximum Gasteiger partial charge on any atom is 0.320 e. The van der Waals surface area contributed by atoms with Crippen molar-refractivity contribution in [1.29, 1.82) is 0 Å². The van der Waals surface area contributed by atoms with Crippen LogP contribution in [-0.4, -0.2) is 52.1 Å². The molecule has 1 N–H and O–H groups in total. The third kappa shape index (κ3) is 3.44. The highest BCUT2D eigenvalue weighted by Crippen LogP contribution is 2.31. The van der Waals surface area contributed by atoms with Crippen molar-refractivity contribution in [2.24, 2.45) is 5.92 Å². The summed E-state index contributed by atoms with van der Waals surface area (Å²) in [6.45, 7) is 6.64.